The number of hydrogen-bond donors (Lipinski definition) is 3. The van der Waals surface area contributed by atoms with Crippen molar-refractivity contribution in [2.24, 2.45) is 11.7 Å². The zero-order chi connectivity index (χ0) is 11.5. The van der Waals surface area contributed by atoms with E-state index in [1.54, 1.807) is 0 Å². The average Bonchev–Trinajstić information content (AvgIpc) is 2.25. The molecular weight excluding hydrogens is 192 g/mol. The van der Waals surface area contributed by atoms with Gasteiger partial charge >= 0.3 is 0 Å². The summed E-state index contributed by atoms with van der Waals surface area (Å²) in [5, 5.41) is 11.4. The van der Waals surface area contributed by atoms with E-state index in [9.17, 15) is 4.79 Å². The van der Waals surface area contributed by atoms with E-state index in [1.807, 2.05) is 0 Å². The number of carbonyl (C=O) groups excluding carboxylic acids is 1. The molecule has 90 valence electrons. The van der Waals surface area contributed by atoms with Crippen LogP contribution in [0.5, 0.6) is 0 Å². The Labute approximate surface area is 92.2 Å². The van der Waals surface area contributed by atoms with Crippen LogP contribution in [-0.2, 0) is 4.79 Å². The van der Waals surface area contributed by atoms with E-state index in [0.717, 1.165) is 32.1 Å². The highest BCUT2D eigenvalue weighted by atomic mass is 16.2. The van der Waals surface area contributed by atoms with Crippen LogP contribution in [0.3, 0.4) is 0 Å². The summed E-state index contributed by atoms with van der Waals surface area (Å²) in [5.74, 6) is 0.0381. The van der Waals surface area contributed by atoms with Crippen LogP contribution in [-0.4, -0.2) is 30.7 Å². The minimum absolute atomic E-state index is 0.0344. The first-order valence-corrected chi connectivity index (χ1v) is 5.84. The minimum atomic E-state index is -0.0344. The Hall–Kier alpha value is -0.610. The second-order valence-corrected chi connectivity index (χ2v) is 3.80. The van der Waals surface area contributed by atoms with Crippen LogP contribution in [0.1, 0.15) is 39.0 Å². The predicted molar refractivity (Wildman–Crippen MR) is 61.4 cm³/mol. The zero-order valence-corrected chi connectivity index (χ0v) is 9.67. The summed E-state index contributed by atoms with van der Waals surface area (Å²) < 4.78 is 0. The third-order valence-electron chi connectivity index (χ3n) is 2.43. The van der Waals surface area contributed by atoms with E-state index < -0.39 is 0 Å². The van der Waals surface area contributed by atoms with E-state index in [0.29, 0.717) is 13.1 Å². The smallest absolute Gasteiger partial charge is 0.224 e. The Morgan fingerprint density at radius 1 is 1.40 bits per heavy atom. The summed E-state index contributed by atoms with van der Waals surface area (Å²) in [7, 11) is 0. The van der Waals surface area contributed by atoms with Gasteiger partial charge in [0.1, 0.15) is 0 Å². The number of carbonyl (C=O) groups is 1. The van der Waals surface area contributed by atoms with Crippen molar-refractivity contribution in [2.75, 3.05) is 19.7 Å². The molecule has 0 aromatic carbocycles. The van der Waals surface area contributed by atoms with Gasteiger partial charge in [0.15, 0.2) is 0 Å². The first-order valence-electron chi connectivity index (χ1n) is 5.84. The molecule has 0 aromatic heterocycles. The Bertz CT molecular complexity index is 163. The summed E-state index contributed by atoms with van der Waals surface area (Å²) in [6.07, 6.45) is 4.54. The zero-order valence-electron chi connectivity index (χ0n) is 9.67. The normalized spacial score (nSPS) is 12.5. The van der Waals surface area contributed by atoms with Gasteiger partial charge in [-0.2, -0.15) is 0 Å². The maximum Gasteiger partial charge on any atom is 0.224 e. The summed E-state index contributed by atoms with van der Waals surface area (Å²) in [4.78, 5) is 11.6. The van der Waals surface area contributed by atoms with Crippen molar-refractivity contribution < 1.29 is 9.90 Å². The number of unbranched alkanes of at least 4 members (excludes halogenated alkanes) is 2. The second-order valence-electron chi connectivity index (χ2n) is 3.80. The summed E-state index contributed by atoms with van der Waals surface area (Å²) in [5.41, 5.74) is 5.52. The van der Waals surface area contributed by atoms with Crippen LogP contribution in [0.25, 0.3) is 0 Å². The molecule has 0 spiro atoms. The molecule has 0 rings (SSSR count). The Morgan fingerprint density at radius 2 is 2.13 bits per heavy atom. The van der Waals surface area contributed by atoms with Gasteiger partial charge in [-0.05, 0) is 25.7 Å². The number of nitrogens with one attached hydrogen (secondary N) is 1. The molecule has 15 heavy (non-hydrogen) atoms. The fraction of sp³-hybridized carbons (Fsp3) is 0.909. The van der Waals surface area contributed by atoms with E-state index in [2.05, 4.69) is 12.2 Å². The molecule has 0 heterocycles. The highest BCUT2D eigenvalue weighted by Crippen LogP contribution is 2.04. The molecular formula is C11H24N2O2. The van der Waals surface area contributed by atoms with E-state index >= 15 is 0 Å². The van der Waals surface area contributed by atoms with Crippen molar-refractivity contribution in [1.29, 1.82) is 0 Å². The lowest BCUT2D eigenvalue weighted by Gasteiger charge is -2.13. The molecule has 1 unspecified atom stereocenters. The quantitative estimate of drug-likeness (QED) is 0.495. The first-order chi connectivity index (χ1) is 7.26. The van der Waals surface area contributed by atoms with Crippen LogP contribution in [0.2, 0.25) is 0 Å². The van der Waals surface area contributed by atoms with E-state index in [4.69, 9.17) is 10.8 Å². The number of aliphatic hydroxyl groups excluding tert-OH is 1. The first kappa shape index (κ1) is 14.4. The lowest BCUT2D eigenvalue weighted by Crippen LogP contribution is -2.35. The fourth-order valence-corrected chi connectivity index (χ4v) is 1.47. The Morgan fingerprint density at radius 3 is 2.67 bits per heavy atom. The van der Waals surface area contributed by atoms with Gasteiger partial charge < -0.3 is 16.2 Å². The summed E-state index contributed by atoms with van der Waals surface area (Å²) in [6, 6.07) is 0. The van der Waals surface area contributed by atoms with Crippen molar-refractivity contribution in [3.63, 3.8) is 0 Å². The SMILES string of the molecule is CCCC(CN)C(=O)NCCCCCO. The Kier molecular flexibility index (Phi) is 9.52. The lowest BCUT2D eigenvalue weighted by atomic mass is 10.0. The summed E-state index contributed by atoms with van der Waals surface area (Å²) in [6.45, 7) is 3.40. The number of amides is 1. The van der Waals surface area contributed by atoms with Crippen molar-refractivity contribution >= 4 is 5.91 Å². The van der Waals surface area contributed by atoms with Gasteiger partial charge in [0.25, 0.3) is 0 Å². The molecule has 0 aliphatic rings. The summed E-state index contributed by atoms with van der Waals surface area (Å²) >= 11 is 0. The molecule has 0 aliphatic heterocycles. The van der Waals surface area contributed by atoms with E-state index in [-0.39, 0.29) is 18.4 Å². The monoisotopic (exact) mass is 216 g/mol. The number of hydrogen-bond acceptors (Lipinski definition) is 3. The highest BCUT2D eigenvalue weighted by Gasteiger charge is 2.14. The van der Waals surface area contributed by atoms with Crippen LogP contribution < -0.4 is 11.1 Å². The third-order valence-corrected chi connectivity index (χ3v) is 2.43. The second kappa shape index (κ2) is 9.93. The van der Waals surface area contributed by atoms with Crippen LogP contribution in [0, 0.1) is 5.92 Å². The fourth-order valence-electron chi connectivity index (χ4n) is 1.47. The molecule has 0 saturated carbocycles. The van der Waals surface area contributed by atoms with E-state index in [1.165, 1.54) is 0 Å². The molecule has 0 bridgehead atoms. The van der Waals surface area contributed by atoms with Gasteiger partial charge in [-0.25, -0.2) is 0 Å². The van der Waals surface area contributed by atoms with Crippen LogP contribution in [0.4, 0.5) is 0 Å². The van der Waals surface area contributed by atoms with Crippen molar-refractivity contribution in [1.82, 2.24) is 5.32 Å². The largest absolute Gasteiger partial charge is 0.396 e. The van der Waals surface area contributed by atoms with Gasteiger partial charge in [-0.3, -0.25) is 4.79 Å². The predicted octanol–water partition coefficient (Wildman–Crippen LogP) is 0.640. The van der Waals surface area contributed by atoms with Crippen molar-refractivity contribution in [2.45, 2.75) is 39.0 Å². The number of rotatable bonds is 9. The molecule has 1 amide bonds. The Balaban J connectivity index is 3.53. The third kappa shape index (κ3) is 7.33. The molecule has 1 atom stereocenters. The highest BCUT2D eigenvalue weighted by molar-refractivity contribution is 5.78. The van der Waals surface area contributed by atoms with Crippen molar-refractivity contribution in [3.05, 3.63) is 0 Å². The minimum Gasteiger partial charge on any atom is -0.396 e. The van der Waals surface area contributed by atoms with Crippen LogP contribution >= 0.6 is 0 Å². The molecule has 0 radical (unpaired) electrons. The van der Waals surface area contributed by atoms with Gasteiger partial charge in [-0.1, -0.05) is 13.3 Å². The molecule has 4 nitrogen and oxygen atoms in total. The van der Waals surface area contributed by atoms with Crippen molar-refractivity contribution in [3.8, 4) is 0 Å². The number of aliphatic hydroxyl groups is 1. The molecule has 0 aliphatic carbocycles. The van der Waals surface area contributed by atoms with Gasteiger partial charge in [0.2, 0.25) is 5.91 Å². The van der Waals surface area contributed by atoms with Crippen LogP contribution in [0.15, 0.2) is 0 Å². The number of nitrogens with two attached hydrogens (primary N) is 1. The molecule has 0 fully saturated rings. The lowest BCUT2D eigenvalue weighted by molar-refractivity contribution is -0.124. The molecule has 4 heteroatoms. The maximum atomic E-state index is 11.6. The molecule has 0 aromatic rings. The molecule has 0 saturated heterocycles. The molecule has 4 N–H and O–H groups in total. The van der Waals surface area contributed by atoms with Gasteiger partial charge in [0.05, 0.1) is 5.92 Å². The standard InChI is InChI=1S/C11H24N2O2/c1-2-6-10(9-12)11(15)13-7-4-3-5-8-14/h10,14H,2-9,12H2,1H3,(H,13,15). The van der Waals surface area contributed by atoms with Gasteiger partial charge in [0, 0.05) is 19.7 Å². The van der Waals surface area contributed by atoms with Gasteiger partial charge in [-0.15, -0.1) is 0 Å². The maximum absolute atomic E-state index is 11.6. The topological polar surface area (TPSA) is 75.4 Å². The average molecular weight is 216 g/mol.